The van der Waals surface area contributed by atoms with Gasteiger partial charge in [-0.25, -0.2) is 9.37 Å². The number of hydrogen-bond donors (Lipinski definition) is 3. The van der Waals surface area contributed by atoms with Crippen molar-refractivity contribution in [2.75, 3.05) is 5.32 Å². The number of pyridine rings is 1. The normalized spacial score (nSPS) is 12.5. The van der Waals surface area contributed by atoms with Gasteiger partial charge in [0.05, 0.1) is 34.3 Å². The van der Waals surface area contributed by atoms with Crippen molar-refractivity contribution in [2.45, 2.75) is 32.7 Å². The number of rotatable bonds is 6. The highest BCUT2D eigenvalue weighted by Crippen LogP contribution is 2.34. The molecule has 1 amide bonds. The van der Waals surface area contributed by atoms with E-state index in [0.29, 0.717) is 5.69 Å². The first-order valence-corrected chi connectivity index (χ1v) is 10.0. The lowest BCUT2D eigenvalue weighted by atomic mass is 10.0. The Morgan fingerprint density at radius 3 is 2.58 bits per heavy atom. The number of aryl methyl sites for hydroxylation is 1. The Morgan fingerprint density at radius 2 is 2.00 bits per heavy atom. The standard InChI is InChI=1S/C20H16Cl2F4N4O3/c1-8-17(18(22)30-29-8)28-19(32)11-5-13(23)10(6-16(11)33-9(2)20(24,25)26)14-4-3-12(21)15(7-31)27-14/h3-6,9,31H,7H2,1-2H3,(H,28,32)(H,29,30). The minimum atomic E-state index is -4.75. The van der Waals surface area contributed by atoms with E-state index in [2.05, 4.69) is 20.5 Å². The predicted molar refractivity (Wildman–Crippen MR) is 113 cm³/mol. The number of H-pyrrole nitrogens is 1. The number of benzene rings is 1. The SMILES string of the molecule is Cc1[nH]nc(Cl)c1NC(=O)c1cc(F)c(-c2ccc(Cl)c(CO)n2)cc1OC(C)C(F)(F)F. The molecule has 0 aliphatic rings. The van der Waals surface area contributed by atoms with Crippen LogP contribution in [0.4, 0.5) is 23.2 Å². The molecule has 0 radical (unpaired) electrons. The molecule has 3 aromatic rings. The Balaban J connectivity index is 2.10. The second-order valence-electron chi connectivity index (χ2n) is 6.88. The number of ether oxygens (including phenoxy) is 1. The number of hydrogen-bond acceptors (Lipinski definition) is 5. The minimum Gasteiger partial charge on any atom is -0.480 e. The molecule has 176 valence electrons. The molecule has 7 nitrogen and oxygen atoms in total. The average Bonchev–Trinajstić information content (AvgIpc) is 3.06. The zero-order valence-electron chi connectivity index (χ0n) is 17.0. The summed E-state index contributed by atoms with van der Waals surface area (Å²) in [5.74, 6) is -2.49. The zero-order chi connectivity index (χ0) is 24.5. The summed E-state index contributed by atoms with van der Waals surface area (Å²) in [6.45, 7) is 1.74. The van der Waals surface area contributed by atoms with Crippen molar-refractivity contribution < 1.29 is 32.2 Å². The highest BCUT2D eigenvalue weighted by atomic mass is 35.5. The number of aromatic nitrogens is 3. The van der Waals surface area contributed by atoms with E-state index in [0.717, 1.165) is 19.1 Å². The Hall–Kier alpha value is -2.89. The molecule has 2 aromatic heterocycles. The van der Waals surface area contributed by atoms with Gasteiger partial charge in [0.1, 0.15) is 17.3 Å². The van der Waals surface area contributed by atoms with Crippen LogP contribution >= 0.6 is 23.2 Å². The second kappa shape index (κ2) is 9.54. The van der Waals surface area contributed by atoms with Crippen LogP contribution in [-0.4, -0.2) is 38.5 Å². The van der Waals surface area contributed by atoms with Gasteiger partial charge in [-0.1, -0.05) is 23.2 Å². The van der Waals surface area contributed by atoms with Gasteiger partial charge in [-0.05, 0) is 38.1 Å². The topological polar surface area (TPSA) is 100 Å². The molecule has 1 atom stereocenters. The smallest absolute Gasteiger partial charge is 0.425 e. The maximum atomic E-state index is 15.0. The summed E-state index contributed by atoms with van der Waals surface area (Å²) in [7, 11) is 0. The number of alkyl halides is 3. The van der Waals surface area contributed by atoms with Crippen LogP contribution in [0, 0.1) is 12.7 Å². The largest absolute Gasteiger partial charge is 0.480 e. The molecular weight excluding hydrogens is 491 g/mol. The Labute approximate surface area is 194 Å². The highest BCUT2D eigenvalue weighted by molar-refractivity contribution is 6.33. The minimum absolute atomic E-state index is 0.0339. The molecule has 2 heterocycles. The van der Waals surface area contributed by atoms with E-state index in [4.69, 9.17) is 27.9 Å². The molecule has 0 aliphatic heterocycles. The van der Waals surface area contributed by atoms with Gasteiger partial charge >= 0.3 is 6.18 Å². The molecule has 0 spiro atoms. The van der Waals surface area contributed by atoms with Gasteiger partial charge in [0.2, 0.25) is 0 Å². The molecule has 0 saturated heterocycles. The molecule has 3 N–H and O–H groups in total. The lowest BCUT2D eigenvalue weighted by Crippen LogP contribution is -2.32. The summed E-state index contributed by atoms with van der Waals surface area (Å²) in [5.41, 5.74) is -0.329. The summed E-state index contributed by atoms with van der Waals surface area (Å²) >= 11 is 11.8. The van der Waals surface area contributed by atoms with Gasteiger partial charge in [0, 0.05) is 5.56 Å². The quantitative estimate of drug-likeness (QED) is 0.394. The van der Waals surface area contributed by atoms with Gasteiger partial charge in [-0.15, -0.1) is 0 Å². The molecule has 1 aromatic carbocycles. The van der Waals surface area contributed by atoms with Crippen molar-refractivity contribution in [2.24, 2.45) is 0 Å². The van der Waals surface area contributed by atoms with Crippen LogP contribution in [-0.2, 0) is 6.61 Å². The lowest BCUT2D eigenvalue weighted by Gasteiger charge is -2.20. The molecule has 1 unspecified atom stereocenters. The summed E-state index contributed by atoms with van der Waals surface area (Å²) < 4.78 is 59.4. The lowest BCUT2D eigenvalue weighted by molar-refractivity contribution is -0.189. The van der Waals surface area contributed by atoms with Gasteiger partial charge < -0.3 is 15.2 Å². The molecule has 0 saturated carbocycles. The third-order valence-corrected chi connectivity index (χ3v) is 5.18. The third kappa shape index (κ3) is 5.37. The van der Waals surface area contributed by atoms with Gasteiger partial charge in [-0.3, -0.25) is 9.89 Å². The fourth-order valence-electron chi connectivity index (χ4n) is 2.75. The predicted octanol–water partition coefficient (Wildman–Crippen LogP) is 5.30. The molecule has 0 bridgehead atoms. The van der Waals surface area contributed by atoms with E-state index in [-0.39, 0.29) is 32.8 Å². The van der Waals surface area contributed by atoms with Crippen molar-refractivity contribution in [1.29, 1.82) is 0 Å². The van der Waals surface area contributed by atoms with Gasteiger partial charge in [0.25, 0.3) is 5.91 Å². The summed E-state index contributed by atoms with van der Waals surface area (Å²) in [4.78, 5) is 16.8. The van der Waals surface area contributed by atoms with E-state index in [1.807, 2.05) is 0 Å². The van der Waals surface area contributed by atoms with Crippen molar-refractivity contribution in [3.05, 3.63) is 57.2 Å². The number of amides is 1. The van der Waals surface area contributed by atoms with Crippen LogP contribution in [0.3, 0.4) is 0 Å². The molecule has 0 aliphatic carbocycles. The van der Waals surface area contributed by atoms with Crippen molar-refractivity contribution in [1.82, 2.24) is 15.2 Å². The van der Waals surface area contributed by atoms with Crippen LogP contribution < -0.4 is 10.1 Å². The van der Waals surface area contributed by atoms with E-state index in [9.17, 15) is 27.5 Å². The molecule has 13 heteroatoms. The molecule has 33 heavy (non-hydrogen) atoms. The summed E-state index contributed by atoms with van der Waals surface area (Å²) in [6, 6.07) is 4.30. The highest BCUT2D eigenvalue weighted by Gasteiger charge is 2.39. The van der Waals surface area contributed by atoms with E-state index in [1.165, 1.54) is 12.1 Å². The number of anilines is 1. The second-order valence-corrected chi connectivity index (χ2v) is 7.65. The maximum Gasteiger partial charge on any atom is 0.425 e. The Kier molecular flexibility index (Phi) is 7.15. The number of aliphatic hydroxyl groups is 1. The van der Waals surface area contributed by atoms with Crippen molar-refractivity contribution in [3.8, 4) is 17.0 Å². The Morgan fingerprint density at radius 1 is 1.30 bits per heavy atom. The van der Waals surface area contributed by atoms with E-state index >= 15 is 0 Å². The maximum absolute atomic E-state index is 15.0. The fourth-order valence-corrected chi connectivity index (χ4v) is 3.15. The van der Waals surface area contributed by atoms with E-state index in [1.54, 1.807) is 6.92 Å². The van der Waals surface area contributed by atoms with Crippen LogP contribution in [0.15, 0.2) is 24.3 Å². The summed E-state index contributed by atoms with van der Waals surface area (Å²) in [5, 5.41) is 18.0. The average molecular weight is 507 g/mol. The van der Waals surface area contributed by atoms with Gasteiger partial charge in [0.15, 0.2) is 11.3 Å². The van der Waals surface area contributed by atoms with Crippen molar-refractivity contribution in [3.63, 3.8) is 0 Å². The number of halogens is 6. The molecule has 3 rings (SSSR count). The monoisotopic (exact) mass is 506 g/mol. The number of carbonyl (C=O) groups excluding carboxylic acids is 1. The van der Waals surface area contributed by atoms with Crippen LogP contribution in [0.5, 0.6) is 5.75 Å². The summed E-state index contributed by atoms with van der Waals surface area (Å²) in [6.07, 6.45) is -7.07. The number of nitrogens with one attached hydrogen (secondary N) is 2. The third-order valence-electron chi connectivity index (χ3n) is 4.56. The van der Waals surface area contributed by atoms with Crippen LogP contribution in [0.2, 0.25) is 10.2 Å². The number of nitrogens with zero attached hydrogens (tertiary/aromatic N) is 2. The fraction of sp³-hybridized carbons (Fsp3) is 0.250. The molecular formula is C20H16Cl2F4N4O3. The van der Waals surface area contributed by atoms with E-state index < -0.39 is 41.9 Å². The molecule has 0 fully saturated rings. The number of aromatic amines is 1. The Bertz CT molecular complexity index is 1180. The first kappa shape index (κ1) is 24.7. The van der Waals surface area contributed by atoms with Gasteiger partial charge in [-0.2, -0.15) is 18.3 Å². The van der Waals surface area contributed by atoms with Crippen LogP contribution in [0.25, 0.3) is 11.3 Å². The van der Waals surface area contributed by atoms with Crippen LogP contribution in [0.1, 0.15) is 28.7 Å². The number of carbonyl (C=O) groups is 1. The first-order chi connectivity index (χ1) is 15.4. The number of aliphatic hydroxyl groups excluding tert-OH is 1. The first-order valence-electron chi connectivity index (χ1n) is 9.27. The zero-order valence-corrected chi connectivity index (χ0v) is 18.5. The van der Waals surface area contributed by atoms with Crippen molar-refractivity contribution >= 4 is 34.8 Å².